The van der Waals surface area contributed by atoms with Crippen LogP contribution in [0.2, 0.25) is 0 Å². The summed E-state index contributed by atoms with van der Waals surface area (Å²) in [5.41, 5.74) is 2.09. The first kappa shape index (κ1) is 20.8. The standard InChI is InChI=1S/C24H31N7O/c1-19-17-22(28-11-9-27(2)10-12-28)26-24(25-19)30-15-13-29(14-16-30)23(32)18-31-8-7-20-5-3-4-6-21(20)31/h3-8,17H,9-16,18H2,1-2H3. The predicted octanol–water partition coefficient (Wildman–Crippen LogP) is 1.84. The van der Waals surface area contributed by atoms with E-state index < -0.39 is 0 Å². The van der Waals surface area contributed by atoms with Gasteiger partial charge in [-0.2, -0.15) is 4.98 Å². The molecule has 2 aliphatic heterocycles. The molecule has 2 aromatic heterocycles. The Morgan fingerprint density at radius 2 is 1.62 bits per heavy atom. The molecule has 1 aromatic carbocycles. The van der Waals surface area contributed by atoms with Gasteiger partial charge in [0.2, 0.25) is 11.9 Å². The lowest BCUT2D eigenvalue weighted by Gasteiger charge is -2.36. The normalized spacial score (nSPS) is 17.9. The topological polar surface area (TPSA) is 60.7 Å². The van der Waals surface area contributed by atoms with E-state index in [0.29, 0.717) is 19.6 Å². The second-order valence-electron chi connectivity index (χ2n) is 8.83. The highest BCUT2D eigenvalue weighted by molar-refractivity contribution is 5.83. The number of piperazine rings is 2. The van der Waals surface area contributed by atoms with Crippen molar-refractivity contribution in [2.75, 3.05) is 69.2 Å². The molecular formula is C24H31N7O. The minimum Gasteiger partial charge on any atom is -0.354 e. The zero-order valence-corrected chi connectivity index (χ0v) is 18.9. The molecule has 0 N–H and O–H groups in total. The van der Waals surface area contributed by atoms with E-state index in [1.807, 2.05) is 34.7 Å². The average molecular weight is 434 g/mol. The summed E-state index contributed by atoms with van der Waals surface area (Å²) in [6.45, 7) is 9.39. The zero-order chi connectivity index (χ0) is 22.1. The molecule has 4 heterocycles. The van der Waals surface area contributed by atoms with Crippen molar-refractivity contribution in [2.24, 2.45) is 0 Å². The van der Waals surface area contributed by atoms with Gasteiger partial charge in [0.1, 0.15) is 12.4 Å². The molecular weight excluding hydrogens is 402 g/mol. The van der Waals surface area contributed by atoms with Gasteiger partial charge in [0.15, 0.2) is 0 Å². The molecule has 0 radical (unpaired) electrons. The summed E-state index contributed by atoms with van der Waals surface area (Å²) in [5.74, 6) is 1.95. The fourth-order valence-corrected chi connectivity index (χ4v) is 4.56. The molecule has 0 saturated carbocycles. The van der Waals surface area contributed by atoms with E-state index in [0.717, 1.165) is 67.6 Å². The third-order valence-electron chi connectivity index (χ3n) is 6.56. The summed E-state index contributed by atoms with van der Waals surface area (Å²) >= 11 is 0. The van der Waals surface area contributed by atoms with Gasteiger partial charge in [0.05, 0.1) is 0 Å². The Balaban J connectivity index is 1.22. The second-order valence-corrected chi connectivity index (χ2v) is 8.83. The summed E-state index contributed by atoms with van der Waals surface area (Å²) in [5, 5.41) is 1.16. The van der Waals surface area contributed by atoms with Crippen LogP contribution in [0.25, 0.3) is 10.9 Å². The van der Waals surface area contributed by atoms with Crippen molar-refractivity contribution in [2.45, 2.75) is 13.5 Å². The van der Waals surface area contributed by atoms with E-state index in [1.54, 1.807) is 0 Å². The Morgan fingerprint density at radius 1 is 0.906 bits per heavy atom. The molecule has 2 saturated heterocycles. The lowest BCUT2D eigenvalue weighted by Crippen LogP contribution is -2.50. The summed E-state index contributed by atoms with van der Waals surface area (Å²) in [6, 6.07) is 12.3. The van der Waals surface area contributed by atoms with E-state index in [4.69, 9.17) is 9.97 Å². The fourth-order valence-electron chi connectivity index (χ4n) is 4.56. The van der Waals surface area contributed by atoms with Crippen LogP contribution in [-0.2, 0) is 11.3 Å². The first-order valence-corrected chi connectivity index (χ1v) is 11.4. The van der Waals surface area contributed by atoms with Crippen molar-refractivity contribution in [1.82, 2.24) is 24.3 Å². The van der Waals surface area contributed by atoms with E-state index in [9.17, 15) is 4.79 Å². The van der Waals surface area contributed by atoms with Gasteiger partial charge in [0, 0.05) is 75.8 Å². The third kappa shape index (κ3) is 4.27. The van der Waals surface area contributed by atoms with E-state index in [1.165, 1.54) is 0 Å². The molecule has 32 heavy (non-hydrogen) atoms. The molecule has 0 aliphatic carbocycles. The molecule has 2 fully saturated rings. The lowest BCUT2D eigenvalue weighted by molar-refractivity contribution is -0.132. The van der Waals surface area contributed by atoms with Gasteiger partial charge in [-0.15, -0.1) is 0 Å². The molecule has 2 aliphatic rings. The van der Waals surface area contributed by atoms with Crippen molar-refractivity contribution >= 4 is 28.6 Å². The van der Waals surface area contributed by atoms with E-state index in [-0.39, 0.29) is 5.91 Å². The number of hydrogen-bond donors (Lipinski definition) is 0. The Hall–Kier alpha value is -3.13. The highest BCUT2D eigenvalue weighted by Crippen LogP contribution is 2.20. The van der Waals surface area contributed by atoms with Crippen LogP contribution in [0.5, 0.6) is 0 Å². The smallest absolute Gasteiger partial charge is 0.242 e. The van der Waals surface area contributed by atoms with E-state index >= 15 is 0 Å². The minimum atomic E-state index is 0.161. The molecule has 1 amide bonds. The molecule has 168 valence electrons. The van der Waals surface area contributed by atoms with Gasteiger partial charge in [0.25, 0.3) is 0 Å². The first-order chi connectivity index (χ1) is 15.6. The maximum absolute atomic E-state index is 12.9. The molecule has 0 spiro atoms. The maximum Gasteiger partial charge on any atom is 0.242 e. The molecule has 5 rings (SSSR count). The third-order valence-corrected chi connectivity index (χ3v) is 6.56. The fraction of sp³-hybridized carbons (Fsp3) is 0.458. The van der Waals surface area contributed by atoms with Crippen molar-refractivity contribution in [3.63, 3.8) is 0 Å². The van der Waals surface area contributed by atoms with Gasteiger partial charge >= 0.3 is 0 Å². The highest BCUT2D eigenvalue weighted by atomic mass is 16.2. The number of rotatable bonds is 4. The van der Waals surface area contributed by atoms with Crippen LogP contribution in [0.3, 0.4) is 0 Å². The van der Waals surface area contributed by atoms with Gasteiger partial charge in [-0.25, -0.2) is 4.98 Å². The lowest BCUT2D eigenvalue weighted by atomic mass is 10.2. The largest absolute Gasteiger partial charge is 0.354 e. The maximum atomic E-state index is 12.9. The Kier molecular flexibility index (Phi) is 5.70. The van der Waals surface area contributed by atoms with Crippen LogP contribution >= 0.6 is 0 Å². The van der Waals surface area contributed by atoms with Gasteiger partial charge in [-0.05, 0) is 31.5 Å². The second kappa shape index (κ2) is 8.78. The Bertz CT molecular complexity index is 1090. The average Bonchev–Trinajstić information content (AvgIpc) is 3.22. The zero-order valence-electron chi connectivity index (χ0n) is 18.9. The van der Waals surface area contributed by atoms with Crippen LogP contribution in [0.15, 0.2) is 42.6 Å². The number of hydrogen-bond acceptors (Lipinski definition) is 6. The van der Waals surface area contributed by atoms with Crippen LogP contribution in [0.4, 0.5) is 11.8 Å². The number of carbonyl (C=O) groups is 1. The van der Waals surface area contributed by atoms with E-state index in [2.05, 4.69) is 46.0 Å². The van der Waals surface area contributed by atoms with Crippen LogP contribution < -0.4 is 9.80 Å². The summed E-state index contributed by atoms with van der Waals surface area (Å²) in [6.07, 6.45) is 2.00. The van der Waals surface area contributed by atoms with Crippen LogP contribution in [0.1, 0.15) is 5.69 Å². The number of aromatic nitrogens is 3. The highest BCUT2D eigenvalue weighted by Gasteiger charge is 2.24. The SMILES string of the molecule is Cc1cc(N2CCN(C)CC2)nc(N2CCN(C(=O)Cn3ccc4ccccc43)CC2)n1. The number of fused-ring (bicyclic) bond motifs is 1. The monoisotopic (exact) mass is 433 g/mol. The number of para-hydroxylation sites is 1. The molecule has 8 heteroatoms. The molecule has 3 aromatic rings. The molecule has 0 atom stereocenters. The minimum absolute atomic E-state index is 0.161. The molecule has 0 bridgehead atoms. The van der Waals surface area contributed by atoms with Gasteiger partial charge < -0.3 is 24.2 Å². The number of nitrogens with zero attached hydrogens (tertiary/aromatic N) is 7. The van der Waals surface area contributed by atoms with Crippen molar-refractivity contribution in [3.05, 3.63) is 48.3 Å². The van der Waals surface area contributed by atoms with Gasteiger partial charge in [-0.3, -0.25) is 4.79 Å². The number of amides is 1. The number of benzene rings is 1. The number of anilines is 2. The van der Waals surface area contributed by atoms with Crippen LogP contribution in [-0.4, -0.2) is 89.6 Å². The number of aryl methyl sites for hydroxylation is 1. The Morgan fingerprint density at radius 3 is 2.41 bits per heavy atom. The predicted molar refractivity (Wildman–Crippen MR) is 127 cm³/mol. The summed E-state index contributed by atoms with van der Waals surface area (Å²) in [7, 11) is 2.16. The summed E-state index contributed by atoms with van der Waals surface area (Å²) < 4.78 is 2.04. The number of carbonyl (C=O) groups excluding carboxylic acids is 1. The number of likely N-dealkylation sites (N-methyl/N-ethyl adjacent to an activating group) is 1. The first-order valence-electron chi connectivity index (χ1n) is 11.4. The summed E-state index contributed by atoms with van der Waals surface area (Å²) in [4.78, 5) is 31.4. The molecule has 0 unspecified atom stereocenters. The van der Waals surface area contributed by atoms with Gasteiger partial charge in [-0.1, -0.05) is 18.2 Å². The Labute approximate surface area is 189 Å². The van der Waals surface area contributed by atoms with Crippen molar-refractivity contribution in [3.8, 4) is 0 Å². The quantitative estimate of drug-likeness (QED) is 0.626. The van der Waals surface area contributed by atoms with Crippen molar-refractivity contribution < 1.29 is 4.79 Å². The van der Waals surface area contributed by atoms with Crippen LogP contribution in [0, 0.1) is 6.92 Å². The van der Waals surface area contributed by atoms with Crippen molar-refractivity contribution in [1.29, 1.82) is 0 Å². The molecule has 8 nitrogen and oxygen atoms in total.